The summed E-state index contributed by atoms with van der Waals surface area (Å²) < 4.78 is 64.6. The zero-order valence-electron chi connectivity index (χ0n) is 12.4. The van der Waals surface area contributed by atoms with E-state index in [1.54, 1.807) is 4.90 Å². The molecule has 1 aliphatic rings. The van der Waals surface area contributed by atoms with E-state index >= 15 is 0 Å². The fourth-order valence-electron chi connectivity index (χ4n) is 2.36. The van der Waals surface area contributed by atoms with Crippen molar-refractivity contribution in [2.75, 3.05) is 32.7 Å². The second-order valence-corrected chi connectivity index (χ2v) is 7.60. The molecule has 2 rings (SSSR count). The van der Waals surface area contributed by atoms with Gasteiger partial charge in [0.05, 0.1) is 17.1 Å². The number of benzene rings is 1. The number of amides is 1. The van der Waals surface area contributed by atoms with Gasteiger partial charge in [-0.25, -0.2) is 8.42 Å². The molecule has 1 aromatic carbocycles. The number of primary amides is 1. The number of nitrogens with zero attached hydrogens (tertiary/aromatic N) is 2. The molecule has 11 heteroatoms. The summed E-state index contributed by atoms with van der Waals surface area (Å²) in [5, 5.41) is -0.275. The van der Waals surface area contributed by atoms with Gasteiger partial charge >= 0.3 is 6.18 Å². The average Bonchev–Trinajstić information content (AvgIpc) is 2.46. The molecule has 1 fully saturated rings. The molecule has 24 heavy (non-hydrogen) atoms. The third kappa shape index (κ3) is 4.18. The largest absolute Gasteiger partial charge is 0.416 e. The van der Waals surface area contributed by atoms with Crippen molar-refractivity contribution in [1.29, 1.82) is 0 Å². The zero-order chi connectivity index (χ0) is 18.1. The summed E-state index contributed by atoms with van der Waals surface area (Å²) in [4.78, 5) is 12.0. The minimum atomic E-state index is -4.67. The third-order valence-electron chi connectivity index (χ3n) is 3.59. The Morgan fingerprint density at radius 3 is 2.29 bits per heavy atom. The Kier molecular flexibility index (Phi) is 5.43. The van der Waals surface area contributed by atoms with Crippen molar-refractivity contribution in [3.63, 3.8) is 0 Å². The first-order chi connectivity index (χ1) is 11.0. The van der Waals surface area contributed by atoms with Gasteiger partial charge < -0.3 is 5.73 Å². The van der Waals surface area contributed by atoms with Crippen molar-refractivity contribution in [3.8, 4) is 0 Å². The normalized spacial score (nSPS) is 17.8. The summed E-state index contributed by atoms with van der Waals surface area (Å²) in [6.07, 6.45) is -4.67. The number of alkyl halides is 3. The minimum absolute atomic E-state index is 0.00178. The molecule has 1 saturated heterocycles. The number of carbonyl (C=O) groups is 1. The monoisotopic (exact) mass is 385 g/mol. The second kappa shape index (κ2) is 6.87. The van der Waals surface area contributed by atoms with E-state index in [9.17, 15) is 26.4 Å². The maximum Gasteiger partial charge on any atom is 0.416 e. The van der Waals surface area contributed by atoms with Crippen molar-refractivity contribution < 1.29 is 26.4 Å². The SMILES string of the molecule is NC(=O)CN1CCN(S(=O)(=O)c2cc(C(F)(F)F)ccc2Cl)CC1. The molecule has 1 aliphatic heterocycles. The number of hydrogen-bond acceptors (Lipinski definition) is 4. The van der Waals surface area contributed by atoms with E-state index in [4.69, 9.17) is 17.3 Å². The molecule has 2 N–H and O–H groups in total. The second-order valence-electron chi connectivity index (χ2n) is 5.29. The zero-order valence-corrected chi connectivity index (χ0v) is 14.0. The van der Waals surface area contributed by atoms with Crippen LogP contribution in [0.4, 0.5) is 13.2 Å². The van der Waals surface area contributed by atoms with Crippen LogP contribution in [0.3, 0.4) is 0 Å². The molecule has 1 heterocycles. The molecule has 0 atom stereocenters. The van der Waals surface area contributed by atoms with E-state index in [1.807, 2.05) is 0 Å². The Hall–Kier alpha value is -1.36. The van der Waals surface area contributed by atoms with Crippen LogP contribution in [-0.2, 0) is 21.0 Å². The van der Waals surface area contributed by atoms with E-state index in [0.29, 0.717) is 6.07 Å². The van der Waals surface area contributed by atoms with Crippen LogP contribution < -0.4 is 5.73 Å². The van der Waals surface area contributed by atoms with Crippen LogP contribution in [0.1, 0.15) is 5.56 Å². The predicted molar refractivity (Wildman–Crippen MR) is 80.8 cm³/mol. The van der Waals surface area contributed by atoms with Crippen molar-refractivity contribution in [2.24, 2.45) is 5.73 Å². The van der Waals surface area contributed by atoms with Crippen molar-refractivity contribution in [3.05, 3.63) is 28.8 Å². The first-order valence-electron chi connectivity index (χ1n) is 6.89. The number of halogens is 4. The van der Waals surface area contributed by atoms with E-state index in [1.165, 1.54) is 0 Å². The van der Waals surface area contributed by atoms with Crippen LogP contribution >= 0.6 is 11.6 Å². The molecule has 0 aromatic heterocycles. The van der Waals surface area contributed by atoms with Gasteiger partial charge in [0.1, 0.15) is 4.90 Å². The lowest BCUT2D eigenvalue weighted by atomic mass is 10.2. The fraction of sp³-hybridized carbons (Fsp3) is 0.462. The summed E-state index contributed by atoms with van der Waals surface area (Å²) in [5.41, 5.74) is 3.99. The van der Waals surface area contributed by atoms with Crippen LogP contribution in [0, 0.1) is 0 Å². The predicted octanol–water partition coefficient (Wildman–Crippen LogP) is 1.15. The highest BCUT2D eigenvalue weighted by Crippen LogP contribution is 2.34. The maximum atomic E-state index is 12.8. The number of hydrogen-bond donors (Lipinski definition) is 1. The smallest absolute Gasteiger partial charge is 0.369 e. The van der Waals surface area contributed by atoms with Gasteiger partial charge in [0.15, 0.2) is 0 Å². The van der Waals surface area contributed by atoms with Gasteiger partial charge in [0.25, 0.3) is 0 Å². The fourth-order valence-corrected chi connectivity index (χ4v) is 4.29. The molecule has 0 radical (unpaired) electrons. The van der Waals surface area contributed by atoms with E-state index in [2.05, 4.69) is 0 Å². The lowest BCUT2D eigenvalue weighted by molar-refractivity contribution is -0.137. The summed E-state index contributed by atoms with van der Waals surface area (Å²) in [6.45, 7) is 0.556. The molecular weight excluding hydrogens is 371 g/mol. The van der Waals surface area contributed by atoms with Crippen LogP contribution in [0.25, 0.3) is 0 Å². The highest BCUT2D eigenvalue weighted by atomic mass is 35.5. The van der Waals surface area contributed by atoms with E-state index in [-0.39, 0.29) is 37.7 Å². The van der Waals surface area contributed by atoms with Crippen LogP contribution in [0.5, 0.6) is 0 Å². The van der Waals surface area contributed by atoms with Gasteiger partial charge in [-0.1, -0.05) is 11.6 Å². The van der Waals surface area contributed by atoms with Crippen molar-refractivity contribution >= 4 is 27.5 Å². The minimum Gasteiger partial charge on any atom is -0.369 e. The summed E-state index contributed by atoms with van der Waals surface area (Å²) >= 11 is 5.80. The van der Waals surface area contributed by atoms with Crippen molar-refractivity contribution in [1.82, 2.24) is 9.21 Å². The highest BCUT2D eigenvalue weighted by molar-refractivity contribution is 7.89. The third-order valence-corrected chi connectivity index (χ3v) is 5.97. The van der Waals surface area contributed by atoms with Crippen LogP contribution in [-0.4, -0.2) is 56.3 Å². The molecule has 6 nitrogen and oxygen atoms in total. The standard InChI is InChI=1S/C13H15ClF3N3O3S/c14-10-2-1-9(13(15,16)17)7-11(10)24(22,23)20-5-3-19(4-6-20)8-12(18)21/h1-2,7H,3-6,8H2,(H2,18,21). The first kappa shape index (κ1) is 19.0. The Morgan fingerprint density at radius 1 is 1.21 bits per heavy atom. The summed E-state index contributed by atoms with van der Waals surface area (Å²) in [5.74, 6) is -0.535. The molecule has 0 spiro atoms. The Balaban J connectivity index is 2.24. The van der Waals surface area contributed by atoms with Gasteiger partial charge in [0.2, 0.25) is 15.9 Å². The van der Waals surface area contributed by atoms with Gasteiger partial charge in [-0.05, 0) is 18.2 Å². The first-order valence-corrected chi connectivity index (χ1v) is 8.71. The number of rotatable bonds is 4. The van der Waals surface area contributed by atoms with E-state index in [0.717, 1.165) is 16.4 Å². The maximum absolute atomic E-state index is 12.8. The molecule has 134 valence electrons. The molecule has 1 amide bonds. The molecular formula is C13H15ClF3N3O3S. The molecule has 0 unspecified atom stereocenters. The lowest BCUT2D eigenvalue weighted by Gasteiger charge is -2.33. The molecule has 1 aromatic rings. The number of nitrogens with two attached hydrogens (primary N) is 1. The van der Waals surface area contributed by atoms with Gasteiger partial charge in [-0.15, -0.1) is 0 Å². The quantitative estimate of drug-likeness (QED) is 0.842. The number of carbonyl (C=O) groups excluding carboxylic acids is 1. The topological polar surface area (TPSA) is 83.7 Å². The van der Waals surface area contributed by atoms with E-state index < -0.39 is 32.6 Å². The Bertz CT molecular complexity index is 732. The molecule has 0 saturated carbocycles. The average molecular weight is 386 g/mol. The highest BCUT2D eigenvalue weighted by Gasteiger charge is 2.35. The van der Waals surface area contributed by atoms with Gasteiger partial charge in [-0.2, -0.15) is 17.5 Å². The molecule has 0 aliphatic carbocycles. The van der Waals surface area contributed by atoms with Gasteiger partial charge in [0, 0.05) is 26.2 Å². The van der Waals surface area contributed by atoms with Crippen molar-refractivity contribution in [2.45, 2.75) is 11.1 Å². The van der Waals surface area contributed by atoms with Gasteiger partial charge in [-0.3, -0.25) is 9.69 Å². The summed E-state index contributed by atoms with van der Waals surface area (Å²) in [6, 6.07) is 2.18. The lowest BCUT2D eigenvalue weighted by Crippen LogP contribution is -2.50. The number of sulfonamides is 1. The Labute approximate surface area is 142 Å². The van der Waals surface area contributed by atoms with Crippen LogP contribution in [0.2, 0.25) is 5.02 Å². The molecule has 0 bridgehead atoms. The Morgan fingerprint density at radius 2 is 1.79 bits per heavy atom. The summed E-state index contributed by atoms with van der Waals surface area (Å²) in [7, 11) is -4.17. The number of piperazine rings is 1. The van der Waals surface area contributed by atoms with Crippen LogP contribution in [0.15, 0.2) is 23.1 Å².